The minimum atomic E-state index is -0.756. The van der Waals surface area contributed by atoms with Crippen molar-refractivity contribution in [1.82, 2.24) is 9.88 Å². The number of aryl methyl sites for hydroxylation is 1. The maximum Gasteiger partial charge on any atom is 0.254 e. The van der Waals surface area contributed by atoms with Crippen LogP contribution in [0.15, 0.2) is 28.7 Å². The SMILES string of the molecule is Cc1cc(C(=O)N2CCOC(C(N)=O)C2)c2cc(Br)ccc2n1. The van der Waals surface area contributed by atoms with Crippen LogP contribution in [0, 0.1) is 6.92 Å². The van der Waals surface area contributed by atoms with E-state index in [0.29, 0.717) is 18.7 Å². The predicted molar refractivity (Wildman–Crippen MR) is 89.0 cm³/mol. The van der Waals surface area contributed by atoms with Crippen molar-refractivity contribution in [3.63, 3.8) is 0 Å². The van der Waals surface area contributed by atoms with Gasteiger partial charge in [0.2, 0.25) is 5.91 Å². The minimum Gasteiger partial charge on any atom is -0.367 e. The summed E-state index contributed by atoms with van der Waals surface area (Å²) in [5.74, 6) is -0.700. The number of carbonyl (C=O) groups excluding carboxylic acids is 2. The summed E-state index contributed by atoms with van der Waals surface area (Å²) in [5, 5.41) is 0.775. The van der Waals surface area contributed by atoms with Crippen LogP contribution in [-0.2, 0) is 9.53 Å². The quantitative estimate of drug-likeness (QED) is 0.861. The summed E-state index contributed by atoms with van der Waals surface area (Å²) in [4.78, 5) is 30.3. The molecule has 6 nitrogen and oxygen atoms in total. The van der Waals surface area contributed by atoms with Crippen LogP contribution in [0.5, 0.6) is 0 Å². The van der Waals surface area contributed by atoms with Gasteiger partial charge in [-0.15, -0.1) is 0 Å². The van der Waals surface area contributed by atoms with Crippen LogP contribution in [0.4, 0.5) is 0 Å². The monoisotopic (exact) mass is 377 g/mol. The molecule has 1 fully saturated rings. The van der Waals surface area contributed by atoms with Crippen molar-refractivity contribution >= 4 is 38.6 Å². The molecule has 23 heavy (non-hydrogen) atoms. The Balaban J connectivity index is 2.00. The summed E-state index contributed by atoms with van der Waals surface area (Å²) in [5.41, 5.74) is 7.38. The highest BCUT2D eigenvalue weighted by molar-refractivity contribution is 9.10. The van der Waals surface area contributed by atoms with Crippen molar-refractivity contribution in [2.24, 2.45) is 5.73 Å². The van der Waals surface area contributed by atoms with Gasteiger partial charge in [-0.3, -0.25) is 14.6 Å². The van der Waals surface area contributed by atoms with Gasteiger partial charge in [0.05, 0.1) is 24.2 Å². The maximum absolute atomic E-state index is 12.9. The van der Waals surface area contributed by atoms with E-state index in [1.807, 2.05) is 25.1 Å². The lowest BCUT2D eigenvalue weighted by Crippen LogP contribution is -2.50. The maximum atomic E-state index is 12.9. The fourth-order valence-electron chi connectivity index (χ4n) is 2.68. The van der Waals surface area contributed by atoms with Gasteiger partial charge in [0.25, 0.3) is 5.91 Å². The number of primary amides is 1. The molecule has 1 aromatic heterocycles. The zero-order chi connectivity index (χ0) is 16.6. The molecule has 3 rings (SSSR count). The molecule has 0 radical (unpaired) electrons. The summed E-state index contributed by atoms with van der Waals surface area (Å²) in [7, 11) is 0. The van der Waals surface area contributed by atoms with Crippen molar-refractivity contribution in [2.45, 2.75) is 13.0 Å². The van der Waals surface area contributed by atoms with Crippen LogP contribution >= 0.6 is 15.9 Å². The second-order valence-corrected chi connectivity index (χ2v) is 6.40. The van der Waals surface area contributed by atoms with Crippen LogP contribution in [0.1, 0.15) is 16.1 Å². The molecule has 120 valence electrons. The first-order valence-corrected chi connectivity index (χ1v) is 8.02. The van der Waals surface area contributed by atoms with Gasteiger partial charge in [-0.2, -0.15) is 0 Å². The second kappa shape index (κ2) is 6.25. The molecule has 1 aromatic carbocycles. The van der Waals surface area contributed by atoms with Gasteiger partial charge in [0.1, 0.15) is 0 Å². The summed E-state index contributed by atoms with van der Waals surface area (Å²) in [6.45, 7) is 2.75. The Kier molecular flexibility index (Phi) is 4.32. The first kappa shape index (κ1) is 15.9. The number of hydrogen-bond acceptors (Lipinski definition) is 4. The third-order valence-electron chi connectivity index (χ3n) is 3.80. The van der Waals surface area contributed by atoms with Crippen molar-refractivity contribution in [3.8, 4) is 0 Å². The molecule has 1 aliphatic rings. The molecule has 0 aliphatic carbocycles. The zero-order valence-corrected chi connectivity index (χ0v) is 14.2. The van der Waals surface area contributed by atoms with Crippen LogP contribution < -0.4 is 5.73 Å². The molecule has 7 heteroatoms. The van der Waals surface area contributed by atoms with Crippen molar-refractivity contribution in [3.05, 3.63) is 40.0 Å². The highest BCUT2D eigenvalue weighted by atomic mass is 79.9. The lowest BCUT2D eigenvalue weighted by molar-refractivity contribution is -0.133. The topological polar surface area (TPSA) is 85.5 Å². The van der Waals surface area contributed by atoms with Gasteiger partial charge >= 0.3 is 0 Å². The van der Waals surface area contributed by atoms with E-state index in [1.54, 1.807) is 11.0 Å². The number of nitrogens with zero attached hydrogens (tertiary/aromatic N) is 2. The third kappa shape index (κ3) is 3.20. The average Bonchev–Trinajstić information content (AvgIpc) is 2.54. The smallest absolute Gasteiger partial charge is 0.254 e. The van der Waals surface area contributed by atoms with Crippen LogP contribution in [0.3, 0.4) is 0 Å². The summed E-state index contributed by atoms with van der Waals surface area (Å²) >= 11 is 3.42. The highest BCUT2D eigenvalue weighted by Gasteiger charge is 2.29. The molecule has 1 aliphatic heterocycles. The van der Waals surface area contributed by atoms with E-state index in [1.165, 1.54) is 0 Å². The van der Waals surface area contributed by atoms with E-state index in [-0.39, 0.29) is 12.5 Å². The van der Waals surface area contributed by atoms with Crippen LogP contribution in [0.25, 0.3) is 10.9 Å². The Labute approximate surface area is 141 Å². The second-order valence-electron chi connectivity index (χ2n) is 5.49. The number of ether oxygens (including phenoxy) is 1. The number of amides is 2. The lowest BCUT2D eigenvalue weighted by atomic mass is 10.1. The predicted octanol–water partition coefficient (Wildman–Crippen LogP) is 1.63. The number of pyridine rings is 1. The van der Waals surface area contributed by atoms with E-state index in [9.17, 15) is 9.59 Å². The molecule has 2 N–H and O–H groups in total. The molecule has 2 heterocycles. The van der Waals surface area contributed by atoms with E-state index < -0.39 is 12.0 Å². The van der Waals surface area contributed by atoms with Gasteiger partial charge < -0.3 is 15.4 Å². The fourth-order valence-corrected chi connectivity index (χ4v) is 3.04. The van der Waals surface area contributed by atoms with Crippen molar-refractivity contribution in [2.75, 3.05) is 19.7 Å². The number of nitrogens with two attached hydrogens (primary N) is 1. The molecular formula is C16H16BrN3O3. The molecule has 0 saturated carbocycles. The lowest BCUT2D eigenvalue weighted by Gasteiger charge is -2.31. The molecule has 1 saturated heterocycles. The third-order valence-corrected chi connectivity index (χ3v) is 4.29. The molecule has 0 bridgehead atoms. The summed E-state index contributed by atoms with van der Waals surface area (Å²) < 4.78 is 6.17. The van der Waals surface area contributed by atoms with E-state index in [0.717, 1.165) is 21.1 Å². The van der Waals surface area contributed by atoms with Gasteiger partial charge in [-0.1, -0.05) is 15.9 Å². The molecule has 2 aromatic rings. The first-order chi connectivity index (χ1) is 11.0. The van der Waals surface area contributed by atoms with Gasteiger partial charge in [-0.25, -0.2) is 0 Å². The number of aromatic nitrogens is 1. The Morgan fingerprint density at radius 3 is 2.91 bits per heavy atom. The summed E-state index contributed by atoms with van der Waals surface area (Å²) in [6.07, 6.45) is -0.756. The molecule has 0 spiro atoms. The Morgan fingerprint density at radius 1 is 1.39 bits per heavy atom. The van der Waals surface area contributed by atoms with E-state index in [4.69, 9.17) is 10.5 Å². The number of carbonyl (C=O) groups is 2. The fraction of sp³-hybridized carbons (Fsp3) is 0.312. The zero-order valence-electron chi connectivity index (χ0n) is 12.6. The summed E-state index contributed by atoms with van der Waals surface area (Å²) in [6, 6.07) is 7.41. The normalized spacial score (nSPS) is 18.2. The highest BCUT2D eigenvalue weighted by Crippen LogP contribution is 2.24. The standard InChI is InChI=1S/C16H16BrN3O3/c1-9-6-12(11-7-10(17)2-3-13(11)19-9)16(22)20-4-5-23-14(8-20)15(18)21/h2-3,6-7,14H,4-5,8H2,1H3,(H2,18,21). The average molecular weight is 378 g/mol. The number of rotatable bonds is 2. The Bertz CT molecular complexity index is 793. The molecule has 1 unspecified atom stereocenters. The van der Waals surface area contributed by atoms with Crippen LogP contribution in [-0.4, -0.2) is 47.5 Å². The minimum absolute atomic E-state index is 0.145. The van der Waals surface area contributed by atoms with Crippen molar-refractivity contribution < 1.29 is 14.3 Å². The van der Waals surface area contributed by atoms with Gasteiger partial charge in [-0.05, 0) is 31.2 Å². The number of fused-ring (bicyclic) bond motifs is 1. The molecule has 1 atom stereocenters. The Morgan fingerprint density at radius 2 is 2.17 bits per heavy atom. The number of halogens is 1. The molecular weight excluding hydrogens is 362 g/mol. The van der Waals surface area contributed by atoms with Crippen molar-refractivity contribution in [1.29, 1.82) is 0 Å². The first-order valence-electron chi connectivity index (χ1n) is 7.23. The van der Waals surface area contributed by atoms with Gasteiger partial charge in [0.15, 0.2) is 6.10 Å². The number of benzene rings is 1. The van der Waals surface area contributed by atoms with Crippen LogP contribution in [0.2, 0.25) is 0 Å². The molecule has 2 amide bonds. The largest absolute Gasteiger partial charge is 0.367 e. The Hall–Kier alpha value is -1.99. The number of morpholine rings is 1. The van der Waals surface area contributed by atoms with Gasteiger partial charge in [0, 0.05) is 22.1 Å². The van der Waals surface area contributed by atoms with E-state index >= 15 is 0 Å². The number of hydrogen-bond donors (Lipinski definition) is 1. The van der Waals surface area contributed by atoms with E-state index in [2.05, 4.69) is 20.9 Å².